The quantitative estimate of drug-likeness (QED) is 0.355. The molecule has 1 fully saturated rings. The molecule has 1 saturated carbocycles. The molecular formula is C18H19N7O2S. The SMILES string of the molecule is Cc1cc(NCCc2n[nH]c(=S)n2C2CC2)nc(-c2cccc([N+](=O)[O-])c2)n1. The van der Waals surface area contributed by atoms with Gasteiger partial charge in [-0.1, -0.05) is 12.1 Å². The highest BCUT2D eigenvalue weighted by atomic mass is 32.1. The van der Waals surface area contributed by atoms with Crippen LogP contribution >= 0.6 is 12.2 Å². The number of rotatable bonds is 7. The van der Waals surface area contributed by atoms with Crippen LogP contribution in [-0.4, -0.2) is 36.2 Å². The number of non-ortho nitro benzene ring substituents is 1. The highest BCUT2D eigenvalue weighted by Crippen LogP contribution is 2.35. The standard InChI is InChI=1S/C18H19N7O2S/c1-11-9-15(19-8-7-16-22-23-18(28)24(16)13-5-6-13)21-17(20-11)12-3-2-4-14(10-12)25(26)27/h2-4,9-10,13H,5-8H2,1H3,(H,23,28)(H,19,20,21). The largest absolute Gasteiger partial charge is 0.369 e. The smallest absolute Gasteiger partial charge is 0.270 e. The molecule has 0 aliphatic heterocycles. The van der Waals surface area contributed by atoms with E-state index >= 15 is 0 Å². The van der Waals surface area contributed by atoms with Crippen LogP contribution in [0.1, 0.15) is 30.4 Å². The Bertz CT molecular complexity index is 1090. The van der Waals surface area contributed by atoms with E-state index in [1.807, 2.05) is 13.0 Å². The summed E-state index contributed by atoms with van der Waals surface area (Å²) >= 11 is 5.31. The van der Waals surface area contributed by atoms with Crippen LogP contribution in [0.2, 0.25) is 0 Å². The maximum atomic E-state index is 11.0. The van der Waals surface area contributed by atoms with Crippen molar-refractivity contribution in [1.82, 2.24) is 24.7 Å². The average molecular weight is 397 g/mol. The summed E-state index contributed by atoms with van der Waals surface area (Å²) in [7, 11) is 0. The van der Waals surface area contributed by atoms with Gasteiger partial charge in [0, 0.05) is 48.5 Å². The summed E-state index contributed by atoms with van der Waals surface area (Å²) in [5.41, 5.74) is 1.40. The minimum absolute atomic E-state index is 0.0139. The number of nitro benzene ring substituents is 1. The minimum Gasteiger partial charge on any atom is -0.369 e. The monoisotopic (exact) mass is 397 g/mol. The fourth-order valence-electron chi connectivity index (χ4n) is 3.07. The van der Waals surface area contributed by atoms with Crippen LogP contribution in [-0.2, 0) is 6.42 Å². The van der Waals surface area contributed by atoms with E-state index in [0.29, 0.717) is 41.0 Å². The number of aromatic nitrogens is 5. The molecule has 0 saturated heterocycles. The Hall–Kier alpha value is -3.14. The third-order valence-corrected chi connectivity index (χ3v) is 4.80. The first-order valence-corrected chi connectivity index (χ1v) is 9.42. The minimum atomic E-state index is -0.426. The van der Waals surface area contributed by atoms with Crippen molar-refractivity contribution < 1.29 is 4.92 Å². The molecule has 2 heterocycles. The van der Waals surface area contributed by atoms with Gasteiger partial charge in [-0.3, -0.25) is 15.2 Å². The van der Waals surface area contributed by atoms with Crippen molar-refractivity contribution >= 4 is 23.7 Å². The molecule has 1 aliphatic rings. The summed E-state index contributed by atoms with van der Waals surface area (Å²) in [6, 6.07) is 8.64. The Morgan fingerprint density at radius 3 is 2.93 bits per heavy atom. The zero-order valence-electron chi connectivity index (χ0n) is 15.3. The molecule has 2 aromatic heterocycles. The molecule has 10 heteroatoms. The highest BCUT2D eigenvalue weighted by Gasteiger charge is 2.26. The van der Waals surface area contributed by atoms with E-state index in [1.54, 1.807) is 12.1 Å². The van der Waals surface area contributed by atoms with Gasteiger partial charge >= 0.3 is 0 Å². The van der Waals surface area contributed by atoms with Crippen LogP contribution in [0.3, 0.4) is 0 Å². The first-order valence-electron chi connectivity index (χ1n) is 9.01. The lowest BCUT2D eigenvalue weighted by Gasteiger charge is -2.09. The fourth-order valence-corrected chi connectivity index (χ4v) is 3.37. The van der Waals surface area contributed by atoms with E-state index in [1.165, 1.54) is 12.1 Å². The second-order valence-corrected chi connectivity index (χ2v) is 7.14. The lowest BCUT2D eigenvalue weighted by molar-refractivity contribution is -0.384. The molecule has 28 heavy (non-hydrogen) atoms. The second-order valence-electron chi connectivity index (χ2n) is 6.75. The molecule has 0 radical (unpaired) electrons. The Balaban J connectivity index is 1.49. The van der Waals surface area contributed by atoms with Gasteiger partial charge in [-0.05, 0) is 32.0 Å². The van der Waals surface area contributed by atoms with E-state index in [0.717, 1.165) is 24.4 Å². The normalized spacial score (nSPS) is 13.5. The molecule has 0 atom stereocenters. The number of aryl methyl sites for hydroxylation is 1. The summed E-state index contributed by atoms with van der Waals surface area (Å²) < 4.78 is 2.76. The van der Waals surface area contributed by atoms with Crippen LogP contribution < -0.4 is 5.32 Å². The molecule has 3 aromatic rings. The van der Waals surface area contributed by atoms with Gasteiger partial charge < -0.3 is 9.88 Å². The van der Waals surface area contributed by atoms with E-state index in [4.69, 9.17) is 12.2 Å². The Labute approximate surface area is 166 Å². The molecule has 0 unspecified atom stereocenters. The predicted molar refractivity (Wildman–Crippen MR) is 107 cm³/mol. The summed E-state index contributed by atoms with van der Waals surface area (Å²) in [5.74, 6) is 2.05. The van der Waals surface area contributed by atoms with Crippen molar-refractivity contribution in [1.29, 1.82) is 0 Å². The Morgan fingerprint density at radius 2 is 2.18 bits per heavy atom. The summed E-state index contributed by atoms with van der Waals surface area (Å²) in [6.07, 6.45) is 3.00. The van der Waals surface area contributed by atoms with Crippen LogP contribution in [0, 0.1) is 21.8 Å². The molecule has 9 nitrogen and oxygen atoms in total. The lowest BCUT2D eigenvalue weighted by Crippen LogP contribution is -2.11. The molecule has 0 amide bonds. The molecular weight excluding hydrogens is 378 g/mol. The molecule has 0 bridgehead atoms. The Morgan fingerprint density at radius 1 is 1.36 bits per heavy atom. The number of hydrogen-bond donors (Lipinski definition) is 2. The first-order chi connectivity index (χ1) is 13.5. The number of hydrogen-bond acceptors (Lipinski definition) is 7. The maximum absolute atomic E-state index is 11.0. The van der Waals surface area contributed by atoms with Gasteiger partial charge in [0.25, 0.3) is 5.69 Å². The average Bonchev–Trinajstić information content (AvgIpc) is 3.44. The third kappa shape index (κ3) is 3.91. The molecule has 0 spiro atoms. The van der Waals surface area contributed by atoms with Crippen LogP contribution in [0.25, 0.3) is 11.4 Å². The number of benzene rings is 1. The number of nitrogens with zero attached hydrogens (tertiary/aromatic N) is 5. The number of nitrogens with one attached hydrogen (secondary N) is 2. The number of anilines is 1. The molecule has 2 N–H and O–H groups in total. The van der Waals surface area contributed by atoms with Gasteiger partial charge in [0.2, 0.25) is 0 Å². The first kappa shape index (κ1) is 18.2. The Kier molecular flexibility index (Phi) is 4.86. The molecule has 1 aromatic carbocycles. The topological polar surface area (TPSA) is 115 Å². The number of H-pyrrole nitrogens is 1. The van der Waals surface area contributed by atoms with Gasteiger partial charge in [0.05, 0.1) is 4.92 Å². The number of aromatic amines is 1. The summed E-state index contributed by atoms with van der Waals surface area (Å²) in [6.45, 7) is 2.50. The van der Waals surface area contributed by atoms with E-state index in [9.17, 15) is 10.1 Å². The van der Waals surface area contributed by atoms with Gasteiger partial charge in [0.1, 0.15) is 11.6 Å². The van der Waals surface area contributed by atoms with Crippen molar-refractivity contribution in [2.75, 3.05) is 11.9 Å². The maximum Gasteiger partial charge on any atom is 0.270 e. The van der Waals surface area contributed by atoms with E-state index in [-0.39, 0.29) is 5.69 Å². The third-order valence-electron chi connectivity index (χ3n) is 4.51. The van der Waals surface area contributed by atoms with Crippen molar-refractivity contribution in [2.45, 2.75) is 32.2 Å². The van der Waals surface area contributed by atoms with Gasteiger partial charge in [-0.15, -0.1) is 0 Å². The summed E-state index contributed by atoms with van der Waals surface area (Å²) in [4.78, 5) is 19.5. The predicted octanol–water partition coefficient (Wildman–Crippen LogP) is 3.60. The van der Waals surface area contributed by atoms with E-state index < -0.39 is 4.92 Å². The lowest BCUT2D eigenvalue weighted by atomic mass is 10.2. The van der Waals surface area contributed by atoms with Gasteiger partial charge in [-0.25, -0.2) is 9.97 Å². The van der Waals surface area contributed by atoms with E-state index in [2.05, 4.69) is 30.0 Å². The zero-order valence-corrected chi connectivity index (χ0v) is 16.1. The van der Waals surface area contributed by atoms with Crippen molar-refractivity contribution in [3.8, 4) is 11.4 Å². The van der Waals surface area contributed by atoms with Crippen molar-refractivity contribution in [2.24, 2.45) is 0 Å². The molecule has 144 valence electrons. The zero-order chi connectivity index (χ0) is 19.7. The van der Waals surface area contributed by atoms with Gasteiger partial charge in [-0.2, -0.15) is 5.10 Å². The number of nitro groups is 1. The van der Waals surface area contributed by atoms with Gasteiger partial charge in [0.15, 0.2) is 10.6 Å². The molecule has 4 rings (SSSR count). The summed E-state index contributed by atoms with van der Waals surface area (Å²) in [5, 5.41) is 21.5. The van der Waals surface area contributed by atoms with Crippen molar-refractivity contribution in [3.05, 3.63) is 56.7 Å². The highest BCUT2D eigenvalue weighted by molar-refractivity contribution is 7.71. The van der Waals surface area contributed by atoms with Crippen LogP contribution in [0.4, 0.5) is 11.5 Å². The van der Waals surface area contributed by atoms with Crippen LogP contribution in [0.5, 0.6) is 0 Å². The fraction of sp³-hybridized carbons (Fsp3) is 0.333. The molecule has 1 aliphatic carbocycles. The second kappa shape index (κ2) is 7.47. The van der Waals surface area contributed by atoms with Crippen molar-refractivity contribution in [3.63, 3.8) is 0 Å². The van der Waals surface area contributed by atoms with Crippen LogP contribution in [0.15, 0.2) is 30.3 Å².